The van der Waals surface area contributed by atoms with Crippen LogP contribution < -0.4 is 18.9 Å². The van der Waals surface area contributed by atoms with Crippen molar-refractivity contribution in [3.63, 3.8) is 0 Å². The molecule has 0 spiro atoms. The molecule has 2 aromatic rings. The molecule has 1 fully saturated rings. The number of hydrogen-bond donors (Lipinski definition) is 1. The molecule has 0 aromatic heterocycles. The Hall–Kier alpha value is -2.97. The van der Waals surface area contributed by atoms with E-state index in [1.807, 2.05) is 23.1 Å². The quantitative estimate of drug-likeness (QED) is 0.617. The predicted molar refractivity (Wildman–Crippen MR) is 132 cm³/mol. The standard InChI is InChI=1S/C27H36N2O6/c1-32-24-13-20(14-25(33-2)27(24)34-3)15-26(31)29-10-11-35-23-8-7-19(12-21(23)17-29)16-28-9-5-4-6-22(28)18-30/h7-8,12-14,22,30H,4-6,9-11,15-18H2,1-3H3/t22-/m0/s1. The number of carbonyl (C=O) groups is 1. The van der Waals surface area contributed by atoms with Gasteiger partial charge in [-0.25, -0.2) is 0 Å². The van der Waals surface area contributed by atoms with E-state index in [0.717, 1.165) is 42.8 Å². The molecule has 0 bridgehead atoms. The lowest BCUT2D eigenvalue weighted by Crippen LogP contribution is -2.41. The van der Waals surface area contributed by atoms with E-state index in [0.29, 0.717) is 36.9 Å². The highest BCUT2D eigenvalue weighted by atomic mass is 16.5. The van der Waals surface area contributed by atoms with E-state index in [1.54, 1.807) is 21.3 Å². The highest BCUT2D eigenvalue weighted by Crippen LogP contribution is 2.38. The molecule has 1 amide bonds. The summed E-state index contributed by atoms with van der Waals surface area (Å²) < 4.78 is 22.2. The Balaban J connectivity index is 1.48. The third-order valence-corrected chi connectivity index (χ3v) is 6.88. The smallest absolute Gasteiger partial charge is 0.227 e. The van der Waals surface area contributed by atoms with Crippen LogP contribution in [0.2, 0.25) is 0 Å². The molecule has 8 nitrogen and oxygen atoms in total. The average molecular weight is 485 g/mol. The fourth-order valence-corrected chi connectivity index (χ4v) is 4.99. The average Bonchev–Trinajstić information content (AvgIpc) is 3.10. The number of piperidine rings is 1. The topological polar surface area (TPSA) is 80.7 Å². The molecule has 1 atom stereocenters. The first-order valence-corrected chi connectivity index (χ1v) is 12.2. The summed E-state index contributed by atoms with van der Waals surface area (Å²) in [6.07, 6.45) is 3.59. The van der Waals surface area contributed by atoms with Crippen LogP contribution in [0.1, 0.15) is 36.0 Å². The molecule has 2 aromatic carbocycles. The van der Waals surface area contributed by atoms with Crippen molar-refractivity contribution in [2.24, 2.45) is 0 Å². The lowest BCUT2D eigenvalue weighted by molar-refractivity contribution is -0.131. The summed E-state index contributed by atoms with van der Waals surface area (Å²) in [6, 6.07) is 10.1. The van der Waals surface area contributed by atoms with Crippen LogP contribution in [0.25, 0.3) is 0 Å². The van der Waals surface area contributed by atoms with Gasteiger partial charge in [-0.05, 0) is 54.8 Å². The van der Waals surface area contributed by atoms with Gasteiger partial charge in [0.05, 0.1) is 40.9 Å². The maximum atomic E-state index is 13.3. The summed E-state index contributed by atoms with van der Waals surface area (Å²) in [5.41, 5.74) is 2.98. The van der Waals surface area contributed by atoms with E-state index in [-0.39, 0.29) is 25.0 Å². The lowest BCUT2D eigenvalue weighted by atomic mass is 10.0. The summed E-state index contributed by atoms with van der Waals surface area (Å²) in [5, 5.41) is 9.75. The zero-order valence-electron chi connectivity index (χ0n) is 20.9. The molecule has 4 rings (SSSR count). The van der Waals surface area contributed by atoms with Crippen LogP contribution >= 0.6 is 0 Å². The van der Waals surface area contributed by atoms with Crippen LogP contribution in [0.5, 0.6) is 23.0 Å². The fourth-order valence-electron chi connectivity index (χ4n) is 4.99. The van der Waals surface area contributed by atoms with Crippen molar-refractivity contribution in [1.82, 2.24) is 9.80 Å². The number of carbonyl (C=O) groups excluding carboxylic acids is 1. The SMILES string of the molecule is COc1cc(CC(=O)N2CCOc3ccc(CN4CCCC[C@H]4CO)cc3C2)cc(OC)c1OC. The van der Waals surface area contributed by atoms with Crippen molar-refractivity contribution in [1.29, 1.82) is 0 Å². The lowest BCUT2D eigenvalue weighted by Gasteiger charge is -2.34. The van der Waals surface area contributed by atoms with Gasteiger partial charge in [0.1, 0.15) is 12.4 Å². The van der Waals surface area contributed by atoms with Gasteiger partial charge in [-0.2, -0.15) is 0 Å². The van der Waals surface area contributed by atoms with Crippen molar-refractivity contribution < 1.29 is 28.8 Å². The van der Waals surface area contributed by atoms with Crippen LogP contribution in [0, 0.1) is 0 Å². The summed E-state index contributed by atoms with van der Waals surface area (Å²) in [5.74, 6) is 2.41. The second-order valence-electron chi connectivity index (χ2n) is 9.12. The van der Waals surface area contributed by atoms with Crippen molar-refractivity contribution in [3.05, 3.63) is 47.0 Å². The summed E-state index contributed by atoms with van der Waals surface area (Å²) in [6.45, 7) is 3.45. The molecule has 0 saturated carbocycles. The highest BCUT2D eigenvalue weighted by molar-refractivity contribution is 5.79. The van der Waals surface area contributed by atoms with Crippen molar-refractivity contribution >= 4 is 5.91 Å². The van der Waals surface area contributed by atoms with Crippen molar-refractivity contribution in [2.75, 3.05) is 47.6 Å². The van der Waals surface area contributed by atoms with Crippen LogP contribution in [0.4, 0.5) is 0 Å². The van der Waals surface area contributed by atoms with Gasteiger partial charge in [-0.1, -0.05) is 12.5 Å². The van der Waals surface area contributed by atoms with Gasteiger partial charge >= 0.3 is 0 Å². The number of fused-ring (bicyclic) bond motifs is 1. The summed E-state index contributed by atoms with van der Waals surface area (Å²) in [7, 11) is 4.69. The summed E-state index contributed by atoms with van der Waals surface area (Å²) in [4.78, 5) is 17.5. The van der Waals surface area contributed by atoms with E-state index in [2.05, 4.69) is 17.0 Å². The van der Waals surface area contributed by atoms with Crippen LogP contribution in [0.15, 0.2) is 30.3 Å². The van der Waals surface area contributed by atoms with Gasteiger partial charge in [0.2, 0.25) is 11.7 Å². The molecule has 1 N–H and O–H groups in total. The summed E-state index contributed by atoms with van der Waals surface area (Å²) >= 11 is 0. The molecule has 0 unspecified atom stereocenters. The fraction of sp³-hybridized carbons (Fsp3) is 0.519. The molecule has 0 radical (unpaired) electrons. The molecule has 8 heteroatoms. The molecular weight excluding hydrogens is 448 g/mol. The normalized spacial score (nSPS) is 18.3. The second kappa shape index (κ2) is 11.6. The number of aliphatic hydroxyl groups is 1. The molecule has 1 saturated heterocycles. The minimum Gasteiger partial charge on any atom is -0.493 e. The molecular formula is C27H36N2O6. The van der Waals surface area contributed by atoms with E-state index < -0.39 is 0 Å². The number of aliphatic hydroxyl groups excluding tert-OH is 1. The number of amides is 1. The zero-order valence-corrected chi connectivity index (χ0v) is 20.9. The maximum Gasteiger partial charge on any atom is 0.227 e. The zero-order chi connectivity index (χ0) is 24.8. The number of hydrogen-bond acceptors (Lipinski definition) is 7. The number of likely N-dealkylation sites (tertiary alicyclic amines) is 1. The predicted octanol–water partition coefficient (Wildman–Crippen LogP) is 3.02. The number of methoxy groups -OCH3 is 3. The Kier molecular flexibility index (Phi) is 8.36. The van der Waals surface area contributed by atoms with Crippen LogP contribution in [-0.2, 0) is 24.3 Å². The molecule has 2 aliphatic rings. The van der Waals surface area contributed by atoms with Crippen molar-refractivity contribution in [2.45, 2.75) is 44.8 Å². The van der Waals surface area contributed by atoms with Crippen molar-refractivity contribution in [3.8, 4) is 23.0 Å². The Labute approximate surface area is 207 Å². The van der Waals surface area contributed by atoms with E-state index in [1.165, 1.54) is 12.0 Å². The maximum absolute atomic E-state index is 13.3. The van der Waals surface area contributed by atoms with Gasteiger partial charge in [0, 0.05) is 24.7 Å². The number of benzene rings is 2. The minimum absolute atomic E-state index is 0.0116. The van der Waals surface area contributed by atoms with Gasteiger partial charge in [-0.3, -0.25) is 9.69 Å². The monoisotopic (exact) mass is 484 g/mol. The molecule has 0 aliphatic carbocycles. The van der Waals surface area contributed by atoms with E-state index in [4.69, 9.17) is 18.9 Å². The first kappa shape index (κ1) is 25.1. The largest absolute Gasteiger partial charge is 0.493 e. The number of rotatable bonds is 8. The van der Waals surface area contributed by atoms with Gasteiger partial charge in [-0.15, -0.1) is 0 Å². The minimum atomic E-state index is 0.0116. The Morgan fingerprint density at radius 1 is 1.03 bits per heavy atom. The highest BCUT2D eigenvalue weighted by Gasteiger charge is 2.24. The van der Waals surface area contributed by atoms with Gasteiger partial charge in [0.25, 0.3) is 0 Å². The molecule has 35 heavy (non-hydrogen) atoms. The Bertz CT molecular complexity index is 1000. The van der Waals surface area contributed by atoms with Gasteiger partial charge < -0.3 is 29.0 Å². The van der Waals surface area contributed by atoms with E-state index in [9.17, 15) is 9.90 Å². The molecule has 2 heterocycles. The number of nitrogens with zero attached hydrogens (tertiary/aromatic N) is 2. The number of ether oxygens (including phenoxy) is 4. The van der Waals surface area contributed by atoms with Gasteiger partial charge in [0.15, 0.2) is 11.5 Å². The third-order valence-electron chi connectivity index (χ3n) is 6.88. The Morgan fingerprint density at radius 2 is 1.80 bits per heavy atom. The molecule has 190 valence electrons. The first-order chi connectivity index (χ1) is 17.1. The third kappa shape index (κ3) is 5.82. The molecule has 2 aliphatic heterocycles. The first-order valence-electron chi connectivity index (χ1n) is 12.2. The van der Waals surface area contributed by atoms with Crippen LogP contribution in [0.3, 0.4) is 0 Å². The second-order valence-corrected chi connectivity index (χ2v) is 9.12. The van der Waals surface area contributed by atoms with E-state index >= 15 is 0 Å². The van der Waals surface area contributed by atoms with Crippen LogP contribution in [-0.4, -0.2) is 74.5 Å². The Morgan fingerprint density at radius 3 is 2.49 bits per heavy atom.